The minimum Gasteiger partial charge on any atom is -0.379 e. The van der Waals surface area contributed by atoms with Gasteiger partial charge in [-0.15, -0.1) is 0 Å². The lowest BCUT2D eigenvalue weighted by Gasteiger charge is -2.10. The SMILES string of the molecule is O=S(OSSc1c(Cl)c(Cl)c(Cl)c(Cl)c1Cl)Oc1ccccc1. The summed E-state index contributed by atoms with van der Waals surface area (Å²) < 4.78 is 21.7. The van der Waals surface area contributed by atoms with Gasteiger partial charge in [0.05, 0.1) is 41.1 Å². The second kappa shape index (κ2) is 9.27. The summed E-state index contributed by atoms with van der Waals surface area (Å²) in [5.41, 5.74) is 0. The third-order valence-electron chi connectivity index (χ3n) is 2.28. The summed E-state index contributed by atoms with van der Waals surface area (Å²) in [5, 5.41) is 0.471. The molecule has 0 spiro atoms. The summed E-state index contributed by atoms with van der Waals surface area (Å²) >= 11 is 28.7. The zero-order valence-corrected chi connectivity index (χ0v) is 17.0. The highest BCUT2D eigenvalue weighted by Crippen LogP contribution is 2.50. The highest BCUT2D eigenvalue weighted by atomic mass is 35.5. The van der Waals surface area contributed by atoms with E-state index in [4.69, 9.17) is 65.8 Å². The number of hydrogen-bond donors (Lipinski definition) is 0. The maximum Gasteiger partial charge on any atom is 0.372 e. The fourth-order valence-electron chi connectivity index (χ4n) is 1.30. The largest absolute Gasteiger partial charge is 0.379 e. The normalized spacial score (nSPS) is 12.2. The van der Waals surface area contributed by atoms with E-state index in [2.05, 4.69) is 0 Å². The Morgan fingerprint density at radius 2 is 1.35 bits per heavy atom. The van der Waals surface area contributed by atoms with Crippen LogP contribution in [0, 0.1) is 0 Å². The van der Waals surface area contributed by atoms with E-state index >= 15 is 0 Å². The predicted octanol–water partition coefficient (Wildman–Crippen LogP) is 7.28. The average molecular weight is 471 g/mol. The van der Waals surface area contributed by atoms with Crippen LogP contribution >= 0.6 is 79.9 Å². The molecule has 2 aromatic rings. The molecule has 2 aromatic carbocycles. The first kappa shape index (κ1) is 19.8. The lowest BCUT2D eigenvalue weighted by Crippen LogP contribution is -1.99. The molecule has 0 aliphatic carbocycles. The van der Waals surface area contributed by atoms with Gasteiger partial charge < -0.3 is 4.18 Å². The van der Waals surface area contributed by atoms with E-state index in [-0.39, 0.29) is 25.1 Å². The summed E-state index contributed by atoms with van der Waals surface area (Å²) in [5.74, 6) is 0.407. The monoisotopic (exact) mass is 468 g/mol. The zero-order chi connectivity index (χ0) is 17.0. The lowest BCUT2D eigenvalue weighted by atomic mass is 10.3. The zero-order valence-electron chi connectivity index (χ0n) is 10.7. The molecule has 23 heavy (non-hydrogen) atoms. The van der Waals surface area contributed by atoms with Crippen molar-refractivity contribution in [3.63, 3.8) is 0 Å². The number of hydrogen-bond acceptors (Lipinski definition) is 5. The summed E-state index contributed by atoms with van der Waals surface area (Å²) in [6.45, 7) is 0. The van der Waals surface area contributed by atoms with Gasteiger partial charge in [0.25, 0.3) is 0 Å². The van der Waals surface area contributed by atoms with Gasteiger partial charge in [-0.3, -0.25) is 0 Å². The fourth-order valence-corrected chi connectivity index (χ4v) is 5.51. The number of halogens is 5. The number of para-hydroxylation sites is 1. The van der Waals surface area contributed by atoms with Crippen molar-refractivity contribution < 1.29 is 12.0 Å². The van der Waals surface area contributed by atoms with E-state index in [1.807, 2.05) is 0 Å². The van der Waals surface area contributed by atoms with Crippen LogP contribution in [0.15, 0.2) is 35.2 Å². The molecular weight excluding hydrogens is 466 g/mol. The van der Waals surface area contributed by atoms with E-state index < -0.39 is 11.4 Å². The molecule has 0 aliphatic heterocycles. The van der Waals surface area contributed by atoms with Crippen LogP contribution in [0.4, 0.5) is 0 Å². The van der Waals surface area contributed by atoms with Crippen LogP contribution in [-0.2, 0) is 15.0 Å². The van der Waals surface area contributed by atoms with Gasteiger partial charge in [-0.1, -0.05) is 76.2 Å². The van der Waals surface area contributed by atoms with Crippen molar-refractivity contribution in [1.82, 2.24) is 0 Å². The smallest absolute Gasteiger partial charge is 0.372 e. The van der Waals surface area contributed by atoms with Crippen LogP contribution in [0.25, 0.3) is 0 Å². The highest BCUT2D eigenvalue weighted by Gasteiger charge is 2.20. The van der Waals surface area contributed by atoms with Gasteiger partial charge in [0, 0.05) is 0 Å². The molecule has 0 aromatic heterocycles. The Morgan fingerprint density at radius 1 is 0.826 bits per heavy atom. The van der Waals surface area contributed by atoms with Crippen molar-refractivity contribution in [2.45, 2.75) is 4.90 Å². The van der Waals surface area contributed by atoms with Gasteiger partial charge >= 0.3 is 11.4 Å². The lowest BCUT2D eigenvalue weighted by molar-refractivity contribution is 0.491. The van der Waals surface area contributed by atoms with Gasteiger partial charge in [-0.05, 0) is 22.9 Å². The summed E-state index contributed by atoms with van der Waals surface area (Å²) in [7, 11) is 0.980. The van der Waals surface area contributed by atoms with Gasteiger partial charge in [-0.25, -0.2) is 0 Å². The molecule has 0 bridgehead atoms. The van der Waals surface area contributed by atoms with Crippen molar-refractivity contribution in [3.05, 3.63) is 55.4 Å². The Kier molecular flexibility index (Phi) is 7.99. The summed E-state index contributed by atoms with van der Waals surface area (Å²) in [6, 6.07) is 8.58. The van der Waals surface area contributed by atoms with Crippen LogP contribution in [-0.4, -0.2) is 4.21 Å². The molecule has 124 valence electrons. The van der Waals surface area contributed by atoms with Gasteiger partial charge in [0.2, 0.25) is 0 Å². The predicted molar refractivity (Wildman–Crippen MR) is 101 cm³/mol. The van der Waals surface area contributed by atoms with E-state index in [1.54, 1.807) is 30.3 Å². The highest BCUT2D eigenvalue weighted by molar-refractivity contribution is 8.75. The van der Waals surface area contributed by atoms with E-state index in [1.165, 1.54) is 0 Å². The van der Waals surface area contributed by atoms with E-state index in [0.717, 1.165) is 21.9 Å². The molecule has 0 radical (unpaired) electrons. The molecule has 0 aliphatic rings. The maximum absolute atomic E-state index is 11.7. The topological polar surface area (TPSA) is 35.5 Å². The quantitative estimate of drug-likeness (QED) is 0.192. The summed E-state index contributed by atoms with van der Waals surface area (Å²) in [4.78, 5) is 0.342. The molecule has 11 heteroatoms. The van der Waals surface area contributed by atoms with Crippen molar-refractivity contribution >= 4 is 91.2 Å². The van der Waals surface area contributed by atoms with Gasteiger partial charge in [0.15, 0.2) is 0 Å². The standard InChI is InChI=1S/C12H5Cl5O3S3/c13-7-8(14)10(16)12(11(17)9(7)15)21-22-20-23(18)19-6-4-2-1-3-5-6/h1-5H. The Balaban J connectivity index is 1.98. The number of rotatable bonds is 6. The molecule has 1 atom stereocenters. The van der Waals surface area contributed by atoms with Crippen LogP contribution in [0.2, 0.25) is 25.1 Å². The van der Waals surface area contributed by atoms with E-state index in [9.17, 15) is 4.21 Å². The van der Waals surface area contributed by atoms with Crippen molar-refractivity contribution in [2.24, 2.45) is 0 Å². The van der Waals surface area contributed by atoms with Crippen molar-refractivity contribution in [3.8, 4) is 5.75 Å². The van der Waals surface area contributed by atoms with Crippen LogP contribution in [0.1, 0.15) is 0 Å². The molecule has 0 heterocycles. The summed E-state index contributed by atoms with van der Waals surface area (Å²) in [6.07, 6.45) is 0. The van der Waals surface area contributed by atoms with E-state index in [0.29, 0.717) is 10.6 Å². The molecule has 0 saturated heterocycles. The average Bonchev–Trinajstić information content (AvgIpc) is 2.55. The number of benzene rings is 2. The molecule has 0 N–H and O–H groups in total. The first-order valence-corrected chi connectivity index (χ1v) is 10.6. The molecular formula is C12H5Cl5O3S3. The molecule has 0 amide bonds. The second-order valence-electron chi connectivity index (χ2n) is 3.72. The third kappa shape index (κ3) is 5.23. The molecule has 0 fully saturated rings. The van der Waals surface area contributed by atoms with Crippen molar-refractivity contribution in [2.75, 3.05) is 0 Å². The second-order valence-corrected chi connectivity index (χ2v) is 8.35. The maximum atomic E-state index is 11.7. The first-order valence-electron chi connectivity index (χ1n) is 5.60. The van der Waals surface area contributed by atoms with Crippen LogP contribution in [0.3, 0.4) is 0 Å². The Hall–Kier alpha value is 0.500. The Bertz CT molecular complexity index is 701. The molecule has 3 nitrogen and oxygen atoms in total. The van der Waals surface area contributed by atoms with Gasteiger partial charge in [0.1, 0.15) is 5.75 Å². The minimum atomic E-state index is -2.01. The van der Waals surface area contributed by atoms with Crippen molar-refractivity contribution in [1.29, 1.82) is 0 Å². The Morgan fingerprint density at radius 3 is 1.91 bits per heavy atom. The third-order valence-corrected chi connectivity index (χ3v) is 7.62. The molecule has 0 saturated carbocycles. The van der Waals surface area contributed by atoms with Crippen LogP contribution in [0.5, 0.6) is 5.75 Å². The van der Waals surface area contributed by atoms with Crippen LogP contribution < -0.4 is 4.18 Å². The fraction of sp³-hybridized carbons (Fsp3) is 0. The first-order chi connectivity index (χ1) is 10.9. The molecule has 2 rings (SSSR count). The Labute approximate surface area is 168 Å². The minimum absolute atomic E-state index is 0.0644. The molecule has 1 unspecified atom stereocenters. The van der Waals surface area contributed by atoms with Gasteiger partial charge in [-0.2, -0.15) is 7.84 Å².